The molecule has 1 unspecified atom stereocenters. The van der Waals surface area contributed by atoms with Crippen molar-refractivity contribution in [2.24, 2.45) is 0 Å². The monoisotopic (exact) mass is 340 g/mol. The molecule has 122 valence electrons. The van der Waals surface area contributed by atoms with Crippen molar-refractivity contribution in [2.45, 2.75) is 42.5 Å². The third-order valence-corrected chi connectivity index (χ3v) is 7.17. The molecule has 0 aliphatic carbocycles. The van der Waals surface area contributed by atoms with Crippen LogP contribution in [0, 0.1) is 0 Å². The summed E-state index contributed by atoms with van der Waals surface area (Å²) >= 11 is 4.18. The van der Waals surface area contributed by atoms with E-state index in [1.807, 2.05) is 18.2 Å². The smallest absolute Gasteiger partial charge is 0.129 e. The molecule has 22 heavy (non-hydrogen) atoms. The van der Waals surface area contributed by atoms with Gasteiger partial charge in [-0.1, -0.05) is 30.3 Å². The van der Waals surface area contributed by atoms with Gasteiger partial charge in [0.15, 0.2) is 0 Å². The van der Waals surface area contributed by atoms with Gasteiger partial charge in [0.05, 0.1) is 24.4 Å². The zero-order chi connectivity index (χ0) is 15.1. The third-order valence-electron chi connectivity index (χ3n) is 4.09. The first-order valence-electron chi connectivity index (χ1n) is 8.02. The van der Waals surface area contributed by atoms with Gasteiger partial charge in [0, 0.05) is 6.42 Å². The van der Waals surface area contributed by atoms with Gasteiger partial charge in [-0.25, -0.2) is 9.78 Å². The van der Waals surface area contributed by atoms with Crippen molar-refractivity contribution in [3.8, 4) is 0 Å². The van der Waals surface area contributed by atoms with Crippen LogP contribution in [0.2, 0.25) is 0 Å². The van der Waals surface area contributed by atoms with E-state index in [9.17, 15) is 0 Å². The number of ether oxygens (including phenoxy) is 1. The Balaban J connectivity index is 1.46. The molecule has 3 rings (SSSR count). The maximum Gasteiger partial charge on any atom is 0.129 e. The quantitative estimate of drug-likeness (QED) is 0.691. The fourth-order valence-corrected chi connectivity index (χ4v) is 5.65. The maximum atomic E-state index is 5.93. The summed E-state index contributed by atoms with van der Waals surface area (Å²) in [7, 11) is 0. The van der Waals surface area contributed by atoms with Crippen LogP contribution >= 0.6 is 23.5 Å². The molecule has 0 radical (unpaired) electrons. The summed E-state index contributed by atoms with van der Waals surface area (Å²) in [6.07, 6.45) is 4.47. The second kappa shape index (κ2) is 8.60. The highest BCUT2D eigenvalue weighted by molar-refractivity contribution is 8.17. The van der Waals surface area contributed by atoms with Crippen LogP contribution in [0.3, 0.4) is 0 Å². The summed E-state index contributed by atoms with van der Waals surface area (Å²) < 4.78 is 6.64. The Bertz CT molecular complexity index is 429. The first kappa shape index (κ1) is 16.7. The zero-order valence-electron chi connectivity index (χ0n) is 12.9. The van der Waals surface area contributed by atoms with Crippen LogP contribution in [0.4, 0.5) is 0 Å². The first-order chi connectivity index (χ1) is 10.9. The van der Waals surface area contributed by atoms with Gasteiger partial charge in [-0.2, -0.15) is 0 Å². The number of benzene rings is 1. The van der Waals surface area contributed by atoms with Crippen molar-refractivity contribution in [3.05, 3.63) is 35.9 Å². The first-order valence-corrected chi connectivity index (χ1v) is 10.1. The van der Waals surface area contributed by atoms with Crippen molar-refractivity contribution in [2.75, 3.05) is 24.7 Å². The van der Waals surface area contributed by atoms with E-state index < -0.39 is 0 Å². The molecule has 2 fully saturated rings. The molecular formula is C17H24O3S2. The predicted molar refractivity (Wildman–Crippen MR) is 93.0 cm³/mol. The molecule has 0 bridgehead atoms. The molecule has 2 saturated heterocycles. The van der Waals surface area contributed by atoms with Crippen LogP contribution in [0.25, 0.3) is 0 Å². The number of thioether (sulfide) groups is 2. The summed E-state index contributed by atoms with van der Waals surface area (Å²) in [5.74, 6) is 2.60. The molecule has 2 aliphatic heterocycles. The van der Waals surface area contributed by atoms with E-state index in [2.05, 4.69) is 35.7 Å². The summed E-state index contributed by atoms with van der Waals surface area (Å²) in [4.78, 5) is 10.8. The van der Waals surface area contributed by atoms with E-state index in [0.717, 1.165) is 12.8 Å². The van der Waals surface area contributed by atoms with Gasteiger partial charge < -0.3 is 4.74 Å². The standard InChI is InChI=1S/C17H24O3S2/c1-2-5-15(6-3-1)13-18-14-17(9-10-19-20-17)8-7-16-21-11-4-12-22-16/h1-3,5-6,16H,4,7-14H2. The van der Waals surface area contributed by atoms with Gasteiger partial charge in [-0.15, -0.1) is 23.5 Å². The van der Waals surface area contributed by atoms with Crippen LogP contribution in [0.15, 0.2) is 30.3 Å². The number of hydrogen-bond acceptors (Lipinski definition) is 5. The van der Waals surface area contributed by atoms with E-state index >= 15 is 0 Å². The minimum atomic E-state index is -0.243. The molecule has 1 atom stereocenters. The van der Waals surface area contributed by atoms with E-state index in [4.69, 9.17) is 14.5 Å². The van der Waals surface area contributed by atoms with Crippen molar-refractivity contribution in [1.82, 2.24) is 0 Å². The Morgan fingerprint density at radius 2 is 2.00 bits per heavy atom. The lowest BCUT2D eigenvalue weighted by atomic mass is 9.96. The Hall–Kier alpha value is -0.200. The van der Waals surface area contributed by atoms with E-state index in [1.54, 1.807) is 0 Å². The average molecular weight is 341 g/mol. The van der Waals surface area contributed by atoms with Crippen LogP contribution in [0.5, 0.6) is 0 Å². The highest BCUT2D eigenvalue weighted by Gasteiger charge is 2.38. The molecule has 5 heteroatoms. The lowest BCUT2D eigenvalue weighted by Crippen LogP contribution is -2.34. The Kier molecular flexibility index (Phi) is 6.51. The Morgan fingerprint density at radius 3 is 2.73 bits per heavy atom. The minimum absolute atomic E-state index is 0.243. The van der Waals surface area contributed by atoms with E-state index in [-0.39, 0.29) is 5.60 Å². The summed E-state index contributed by atoms with van der Waals surface area (Å²) in [5.41, 5.74) is 0.961. The molecule has 0 N–H and O–H groups in total. The molecule has 0 spiro atoms. The Morgan fingerprint density at radius 1 is 1.18 bits per heavy atom. The largest absolute Gasteiger partial charge is 0.374 e. The molecule has 0 aromatic heterocycles. The van der Waals surface area contributed by atoms with E-state index in [1.165, 1.54) is 29.9 Å². The summed E-state index contributed by atoms with van der Waals surface area (Å²) in [5, 5.41) is 0. The number of rotatable bonds is 7. The zero-order valence-corrected chi connectivity index (χ0v) is 14.5. The van der Waals surface area contributed by atoms with Gasteiger partial charge in [0.1, 0.15) is 5.60 Å². The fraction of sp³-hybridized carbons (Fsp3) is 0.647. The highest BCUT2D eigenvalue weighted by atomic mass is 32.2. The van der Waals surface area contributed by atoms with Crippen LogP contribution in [0.1, 0.15) is 31.2 Å². The second-order valence-electron chi connectivity index (χ2n) is 5.88. The Labute approximate surface area is 141 Å². The van der Waals surface area contributed by atoms with Crippen LogP contribution in [-0.4, -0.2) is 34.9 Å². The van der Waals surface area contributed by atoms with Crippen LogP contribution < -0.4 is 0 Å². The van der Waals surface area contributed by atoms with Gasteiger partial charge in [0.2, 0.25) is 0 Å². The van der Waals surface area contributed by atoms with Crippen molar-refractivity contribution in [1.29, 1.82) is 0 Å². The average Bonchev–Trinajstić information content (AvgIpc) is 3.04. The molecule has 0 saturated carbocycles. The van der Waals surface area contributed by atoms with Gasteiger partial charge in [0.25, 0.3) is 0 Å². The third kappa shape index (κ3) is 4.90. The maximum absolute atomic E-state index is 5.93. The van der Waals surface area contributed by atoms with Gasteiger partial charge >= 0.3 is 0 Å². The van der Waals surface area contributed by atoms with E-state index in [0.29, 0.717) is 24.4 Å². The lowest BCUT2D eigenvalue weighted by Gasteiger charge is -2.28. The van der Waals surface area contributed by atoms with Crippen molar-refractivity contribution in [3.63, 3.8) is 0 Å². The molecule has 2 heterocycles. The summed E-state index contributed by atoms with van der Waals surface area (Å²) in [6.45, 7) is 1.93. The van der Waals surface area contributed by atoms with Gasteiger partial charge in [-0.05, 0) is 36.3 Å². The molecule has 1 aromatic carbocycles. The van der Waals surface area contributed by atoms with Gasteiger partial charge in [-0.3, -0.25) is 0 Å². The molecule has 2 aliphatic rings. The number of hydrogen-bond donors (Lipinski definition) is 0. The van der Waals surface area contributed by atoms with Crippen molar-refractivity contribution >= 4 is 23.5 Å². The summed E-state index contributed by atoms with van der Waals surface area (Å²) in [6, 6.07) is 10.3. The van der Waals surface area contributed by atoms with Crippen LogP contribution in [-0.2, 0) is 21.1 Å². The predicted octanol–water partition coefficient (Wildman–Crippen LogP) is 4.27. The normalized spacial score (nSPS) is 26.4. The SMILES string of the molecule is c1ccc(COCC2(CCC3SCCCS3)CCOO2)cc1. The second-order valence-corrected chi connectivity index (χ2v) is 8.80. The van der Waals surface area contributed by atoms with Crippen molar-refractivity contribution < 1.29 is 14.5 Å². The minimum Gasteiger partial charge on any atom is -0.374 e. The molecule has 1 aromatic rings. The topological polar surface area (TPSA) is 27.7 Å². The molecule has 3 nitrogen and oxygen atoms in total. The molecule has 0 amide bonds. The molecular weight excluding hydrogens is 316 g/mol. The lowest BCUT2D eigenvalue weighted by molar-refractivity contribution is -0.319. The fourth-order valence-electron chi connectivity index (χ4n) is 2.78. The highest BCUT2D eigenvalue weighted by Crippen LogP contribution is 2.38.